The Morgan fingerprint density at radius 2 is 1.75 bits per heavy atom. The molecule has 0 N–H and O–H groups in total. The van der Waals surface area contributed by atoms with Crippen molar-refractivity contribution in [3.8, 4) is 6.07 Å². The molecule has 5 heteroatoms. The van der Waals surface area contributed by atoms with E-state index >= 15 is 0 Å². The van der Waals surface area contributed by atoms with Gasteiger partial charge in [0.25, 0.3) is 0 Å². The summed E-state index contributed by atoms with van der Waals surface area (Å²) in [6, 6.07) is 17.4. The van der Waals surface area contributed by atoms with Crippen LogP contribution in [0.5, 0.6) is 0 Å². The molecule has 0 spiro atoms. The van der Waals surface area contributed by atoms with Crippen molar-refractivity contribution in [2.24, 2.45) is 5.41 Å². The summed E-state index contributed by atoms with van der Waals surface area (Å²) in [5.74, 6) is -0.629. The standard InChI is InChI=1S/C19H17NO3S/c1-2-14-8-10-15(11-9-14)17-18(19(17,12-20)13-21)24(22,23)16-6-4-3-5-7-16/h3-11,13,17-18H,2H2,1H3/t17-,18-,19-/m0/s1. The van der Waals surface area contributed by atoms with E-state index in [2.05, 4.69) is 0 Å². The number of aldehydes is 1. The number of nitriles is 1. The van der Waals surface area contributed by atoms with Crippen LogP contribution in [0.25, 0.3) is 0 Å². The average Bonchev–Trinajstić information content (AvgIpc) is 3.33. The second-order valence-electron chi connectivity index (χ2n) is 6.01. The van der Waals surface area contributed by atoms with Crippen LogP contribution in [-0.4, -0.2) is 20.0 Å². The molecule has 0 radical (unpaired) electrons. The van der Waals surface area contributed by atoms with E-state index in [1.165, 1.54) is 12.1 Å². The van der Waals surface area contributed by atoms with Gasteiger partial charge < -0.3 is 4.79 Å². The summed E-state index contributed by atoms with van der Waals surface area (Å²) in [6.07, 6.45) is 1.37. The molecule has 2 aromatic rings. The molecule has 1 saturated carbocycles. The third-order valence-corrected chi connectivity index (χ3v) is 6.98. The van der Waals surface area contributed by atoms with Gasteiger partial charge in [0.2, 0.25) is 0 Å². The van der Waals surface area contributed by atoms with E-state index < -0.39 is 26.4 Å². The van der Waals surface area contributed by atoms with E-state index in [0.717, 1.165) is 12.0 Å². The number of benzene rings is 2. The predicted octanol–water partition coefficient (Wildman–Crippen LogP) is 2.90. The van der Waals surface area contributed by atoms with E-state index in [4.69, 9.17) is 0 Å². The van der Waals surface area contributed by atoms with Crippen LogP contribution >= 0.6 is 0 Å². The van der Waals surface area contributed by atoms with Gasteiger partial charge in [0.05, 0.1) is 11.0 Å². The zero-order chi connectivity index (χ0) is 17.4. The monoisotopic (exact) mass is 339 g/mol. The fourth-order valence-electron chi connectivity index (χ4n) is 3.28. The van der Waals surface area contributed by atoms with Crippen molar-refractivity contribution in [2.75, 3.05) is 0 Å². The Morgan fingerprint density at radius 1 is 1.12 bits per heavy atom. The summed E-state index contributed by atoms with van der Waals surface area (Å²) < 4.78 is 25.8. The zero-order valence-corrected chi connectivity index (χ0v) is 14.0. The number of carbonyl (C=O) groups excluding carboxylic acids is 1. The van der Waals surface area contributed by atoms with Crippen LogP contribution in [-0.2, 0) is 21.1 Å². The molecule has 1 aliphatic rings. The molecule has 0 aliphatic heterocycles. The summed E-state index contributed by atoms with van der Waals surface area (Å²) >= 11 is 0. The van der Waals surface area contributed by atoms with E-state index in [1.54, 1.807) is 18.2 Å². The molecule has 24 heavy (non-hydrogen) atoms. The summed E-state index contributed by atoms with van der Waals surface area (Å²) in [4.78, 5) is 11.8. The van der Waals surface area contributed by atoms with Gasteiger partial charge in [-0.1, -0.05) is 49.4 Å². The minimum absolute atomic E-state index is 0.143. The second-order valence-corrected chi connectivity index (χ2v) is 8.08. The smallest absolute Gasteiger partial charge is 0.183 e. The van der Waals surface area contributed by atoms with Crippen molar-refractivity contribution in [3.63, 3.8) is 0 Å². The number of sulfone groups is 1. The first-order valence-electron chi connectivity index (χ1n) is 7.76. The van der Waals surface area contributed by atoms with Gasteiger partial charge in [0.1, 0.15) is 17.0 Å². The number of hydrogen-bond acceptors (Lipinski definition) is 4. The van der Waals surface area contributed by atoms with Crippen LogP contribution in [0.15, 0.2) is 59.5 Å². The largest absolute Gasteiger partial charge is 0.302 e. The van der Waals surface area contributed by atoms with Gasteiger partial charge in [-0.2, -0.15) is 5.26 Å². The number of hydrogen-bond donors (Lipinski definition) is 0. The lowest BCUT2D eigenvalue weighted by molar-refractivity contribution is -0.110. The lowest BCUT2D eigenvalue weighted by Gasteiger charge is -2.04. The Bertz CT molecular complexity index is 898. The van der Waals surface area contributed by atoms with Crippen LogP contribution in [0.4, 0.5) is 0 Å². The minimum atomic E-state index is -3.76. The highest BCUT2D eigenvalue weighted by Crippen LogP contribution is 2.62. The Labute approximate surface area is 141 Å². The number of nitrogens with zero attached hydrogens (tertiary/aromatic N) is 1. The molecule has 0 heterocycles. The molecule has 1 fully saturated rings. The summed E-state index contributed by atoms with van der Waals surface area (Å²) in [6.45, 7) is 2.03. The average molecular weight is 339 g/mol. The van der Waals surface area contributed by atoms with Gasteiger partial charge in [-0.25, -0.2) is 8.42 Å². The highest BCUT2D eigenvalue weighted by atomic mass is 32.2. The Hall–Kier alpha value is -2.45. The molecule has 0 aromatic heterocycles. The fourth-order valence-corrected chi connectivity index (χ4v) is 5.54. The number of aryl methyl sites for hydroxylation is 1. The van der Waals surface area contributed by atoms with Crippen LogP contribution in [0, 0.1) is 16.7 Å². The van der Waals surface area contributed by atoms with E-state index in [-0.39, 0.29) is 4.90 Å². The van der Waals surface area contributed by atoms with Gasteiger partial charge in [0.15, 0.2) is 9.84 Å². The third kappa shape index (κ3) is 2.35. The van der Waals surface area contributed by atoms with Crippen LogP contribution < -0.4 is 0 Å². The van der Waals surface area contributed by atoms with Gasteiger partial charge >= 0.3 is 0 Å². The highest BCUT2D eigenvalue weighted by Gasteiger charge is 2.72. The van der Waals surface area contributed by atoms with Gasteiger partial charge in [0, 0.05) is 5.92 Å². The SMILES string of the molecule is CCc1ccc([C@H]2[C@H](S(=O)(=O)c3ccccc3)[C@@]2(C#N)C=O)cc1. The normalized spacial score (nSPS) is 25.7. The molecule has 0 unspecified atom stereocenters. The van der Waals surface area contributed by atoms with Gasteiger partial charge in [-0.15, -0.1) is 0 Å². The topological polar surface area (TPSA) is 75.0 Å². The molecule has 3 rings (SSSR count). The fraction of sp³-hybridized carbons (Fsp3) is 0.263. The van der Waals surface area contributed by atoms with Crippen LogP contribution in [0.3, 0.4) is 0 Å². The molecule has 0 amide bonds. The van der Waals surface area contributed by atoms with Crippen LogP contribution in [0.1, 0.15) is 24.0 Å². The number of rotatable bonds is 5. The highest BCUT2D eigenvalue weighted by molar-refractivity contribution is 7.92. The molecular weight excluding hydrogens is 322 g/mol. The zero-order valence-electron chi connectivity index (χ0n) is 13.2. The number of carbonyl (C=O) groups is 1. The summed E-state index contributed by atoms with van der Waals surface area (Å²) in [5.41, 5.74) is 0.323. The second kappa shape index (κ2) is 5.88. The molecule has 0 saturated heterocycles. The first-order valence-corrected chi connectivity index (χ1v) is 9.31. The van der Waals surface area contributed by atoms with Crippen molar-refractivity contribution in [3.05, 3.63) is 65.7 Å². The Morgan fingerprint density at radius 3 is 2.25 bits per heavy atom. The van der Waals surface area contributed by atoms with Crippen molar-refractivity contribution in [1.82, 2.24) is 0 Å². The quantitative estimate of drug-likeness (QED) is 0.785. The molecule has 1 aliphatic carbocycles. The molecule has 0 bridgehead atoms. The maximum Gasteiger partial charge on any atom is 0.183 e. The first kappa shape index (κ1) is 16.4. The first-order chi connectivity index (χ1) is 11.5. The van der Waals surface area contributed by atoms with E-state index in [9.17, 15) is 18.5 Å². The predicted molar refractivity (Wildman–Crippen MR) is 90.1 cm³/mol. The van der Waals surface area contributed by atoms with Crippen molar-refractivity contribution in [1.29, 1.82) is 5.26 Å². The molecule has 3 atom stereocenters. The van der Waals surface area contributed by atoms with Gasteiger partial charge in [-0.3, -0.25) is 0 Å². The van der Waals surface area contributed by atoms with Crippen LogP contribution in [0.2, 0.25) is 0 Å². The maximum absolute atomic E-state index is 12.9. The molecular formula is C19H17NO3S. The molecule has 2 aromatic carbocycles. The van der Waals surface area contributed by atoms with Crippen molar-refractivity contribution in [2.45, 2.75) is 29.4 Å². The summed E-state index contributed by atoms with van der Waals surface area (Å²) in [5, 5.41) is 8.48. The third-order valence-electron chi connectivity index (χ3n) is 4.72. The minimum Gasteiger partial charge on any atom is -0.302 e. The van der Waals surface area contributed by atoms with Crippen molar-refractivity contribution < 1.29 is 13.2 Å². The maximum atomic E-state index is 12.9. The van der Waals surface area contributed by atoms with Gasteiger partial charge in [-0.05, 0) is 29.7 Å². The molecule has 4 nitrogen and oxygen atoms in total. The van der Waals surface area contributed by atoms with E-state index in [0.29, 0.717) is 11.8 Å². The Balaban J connectivity index is 2.06. The lowest BCUT2D eigenvalue weighted by atomic mass is 10.0. The van der Waals surface area contributed by atoms with Crippen molar-refractivity contribution >= 4 is 16.1 Å². The lowest BCUT2D eigenvalue weighted by Crippen LogP contribution is -2.16. The van der Waals surface area contributed by atoms with E-state index in [1.807, 2.05) is 37.3 Å². The molecule has 122 valence electrons. The Kier molecular flexibility index (Phi) is 4.02. The summed E-state index contributed by atoms with van der Waals surface area (Å²) in [7, 11) is -3.76.